The van der Waals surface area contributed by atoms with Crippen LogP contribution in [-0.2, 0) is 26.7 Å². The predicted octanol–water partition coefficient (Wildman–Crippen LogP) is 5.79. The summed E-state index contributed by atoms with van der Waals surface area (Å²) in [4.78, 5) is 47.7. The summed E-state index contributed by atoms with van der Waals surface area (Å²) in [5.41, 5.74) is 0.222. The number of ether oxygens (including phenoxy) is 4. The highest BCUT2D eigenvalue weighted by Gasteiger charge is 2.44. The number of alkyl halides is 3. The van der Waals surface area contributed by atoms with Crippen LogP contribution in [0.2, 0.25) is 0 Å². The first kappa shape index (κ1) is 42.6. The third-order valence-electron chi connectivity index (χ3n) is 12.0. The first-order valence-electron chi connectivity index (χ1n) is 19.8. The Balaban J connectivity index is 1.16. The van der Waals surface area contributed by atoms with E-state index in [0.717, 1.165) is 23.3 Å². The van der Waals surface area contributed by atoms with Crippen LogP contribution in [0.4, 0.5) is 18.0 Å². The number of hydrogen-bond donors (Lipinski definition) is 1. The predicted molar refractivity (Wildman–Crippen MR) is 211 cm³/mol. The number of rotatable bonds is 13. The van der Waals surface area contributed by atoms with E-state index in [4.69, 9.17) is 18.9 Å². The van der Waals surface area contributed by atoms with Crippen molar-refractivity contribution in [1.82, 2.24) is 24.9 Å². The van der Waals surface area contributed by atoms with Gasteiger partial charge in [0.25, 0.3) is 5.91 Å². The van der Waals surface area contributed by atoms with Crippen molar-refractivity contribution in [2.45, 2.75) is 49.7 Å². The molecule has 3 aromatic rings. The molecule has 314 valence electrons. The summed E-state index contributed by atoms with van der Waals surface area (Å²) in [6.07, 6.45) is -1.98. The van der Waals surface area contributed by atoms with Crippen LogP contribution in [-0.4, -0.2) is 131 Å². The maximum atomic E-state index is 14.0. The van der Waals surface area contributed by atoms with Crippen LogP contribution < -0.4 is 19.5 Å². The lowest BCUT2D eigenvalue weighted by Crippen LogP contribution is -2.59. The zero-order valence-corrected chi connectivity index (χ0v) is 33.7. The van der Waals surface area contributed by atoms with E-state index in [1.165, 1.54) is 21.3 Å². The minimum Gasteiger partial charge on any atom is -0.493 e. The Labute approximate surface area is 338 Å². The van der Waals surface area contributed by atoms with Crippen molar-refractivity contribution < 1.29 is 46.5 Å². The number of halogens is 3. The first-order chi connectivity index (χ1) is 27.8. The molecule has 6 rings (SSSR count). The first-order valence-corrected chi connectivity index (χ1v) is 19.8. The van der Waals surface area contributed by atoms with E-state index in [-0.39, 0.29) is 24.5 Å². The number of piperazine rings is 1. The highest BCUT2D eigenvalue weighted by Crippen LogP contribution is 2.43. The molecule has 0 aromatic heterocycles. The lowest BCUT2D eigenvalue weighted by Gasteiger charge is -2.45. The van der Waals surface area contributed by atoms with Crippen LogP contribution in [0.1, 0.15) is 59.7 Å². The van der Waals surface area contributed by atoms with Crippen LogP contribution in [0.15, 0.2) is 66.7 Å². The molecule has 12 nitrogen and oxygen atoms in total. The number of nitrogens with zero attached hydrogens (tertiary/aromatic N) is 4. The number of piperidine rings is 1. The second-order valence-electron chi connectivity index (χ2n) is 15.3. The summed E-state index contributed by atoms with van der Waals surface area (Å²) >= 11 is 0. The smallest absolute Gasteiger partial charge is 0.416 e. The Morgan fingerprint density at radius 1 is 0.741 bits per heavy atom. The average Bonchev–Trinajstić information content (AvgIpc) is 3.68. The van der Waals surface area contributed by atoms with Gasteiger partial charge in [-0.05, 0) is 74.5 Å². The Bertz CT molecular complexity index is 1860. The van der Waals surface area contributed by atoms with E-state index < -0.39 is 22.7 Å². The van der Waals surface area contributed by atoms with Crippen LogP contribution in [0.5, 0.6) is 17.2 Å². The molecule has 3 saturated heterocycles. The van der Waals surface area contributed by atoms with Gasteiger partial charge in [-0.3, -0.25) is 14.5 Å². The molecular weight excluding hydrogens is 755 g/mol. The third kappa shape index (κ3) is 9.47. The fourth-order valence-electron chi connectivity index (χ4n) is 8.59. The number of methoxy groups -OCH3 is 3. The van der Waals surface area contributed by atoms with Gasteiger partial charge in [0.1, 0.15) is 0 Å². The highest BCUT2D eigenvalue weighted by molar-refractivity contribution is 5.96. The normalized spacial score (nSPS) is 20.1. The highest BCUT2D eigenvalue weighted by atomic mass is 19.4. The van der Waals surface area contributed by atoms with Crippen molar-refractivity contribution in [1.29, 1.82) is 0 Å². The SMILES string of the molecule is CCOC(=O)CN1CCN(C(=O)NC2(c3ccccc3)CCN(CCC3(c4ccc(C(F)(F)F)cc4)CCN(C(=O)c4cc(OC)c(OC)c(OC)c4)C3)CC2)CC1. The summed E-state index contributed by atoms with van der Waals surface area (Å²) in [5.74, 6) is 0.550. The van der Waals surface area contributed by atoms with Gasteiger partial charge >= 0.3 is 18.2 Å². The quantitative estimate of drug-likeness (QED) is 0.215. The van der Waals surface area contributed by atoms with E-state index in [1.54, 1.807) is 41.0 Å². The summed E-state index contributed by atoms with van der Waals surface area (Å²) in [5, 5.41) is 3.41. The van der Waals surface area contributed by atoms with Gasteiger partial charge in [0.15, 0.2) is 11.5 Å². The van der Waals surface area contributed by atoms with Crippen LogP contribution >= 0.6 is 0 Å². The Kier molecular flexibility index (Phi) is 13.4. The zero-order valence-electron chi connectivity index (χ0n) is 33.7. The number of hydrogen-bond acceptors (Lipinski definition) is 9. The number of carbonyl (C=O) groups is 3. The number of amides is 3. The molecule has 3 fully saturated rings. The third-order valence-corrected chi connectivity index (χ3v) is 12.0. The van der Waals surface area contributed by atoms with Crippen LogP contribution in [0.25, 0.3) is 0 Å². The number of carbonyl (C=O) groups excluding carboxylic acids is 3. The van der Waals surface area contributed by atoms with Crippen molar-refractivity contribution >= 4 is 17.9 Å². The molecule has 3 aliphatic rings. The monoisotopic (exact) mass is 809 g/mol. The van der Waals surface area contributed by atoms with Crippen molar-refractivity contribution in [2.75, 3.05) is 93.4 Å². The van der Waals surface area contributed by atoms with Gasteiger partial charge in [0, 0.05) is 63.3 Å². The standard InChI is InChI=1S/C43H54F3N5O7/c1-5-58-37(52)29-49-23-25-50(26-24-49)40(54)47-42(33-9-7-6-8-10-33)17-20-48(21-18-42)19-15-41(32-11-13-34(14-12-32)43(44,45)46)16-22-51(30-41)39(53)31-27-35(55-2)38(57-4)36(28-31)56-3/h6-14,27-28H,5,15-26,29-30H2,1-4H3,(H,47,54). The van der Waals surface area contributed by atoms with E-state index in [2.05, 4.69) is 10.2 Å². The van der Waals surface area contributed by atoms with Crippen molar-refractivity contribution in [2.24, 2.45) is 0 Å². The fraction of sp³-hybridized carbons (Fsp3) is 0.512. The molecule has 1 N–H and O–H groups in total. The Morgan fingerprint density at radius 3 is 1.95 bits per heavy atom. The molecule has 0 aliphatic carbocycles. The molecule has 0 bridgehead atoms. The topological polar surface area (TPSA) is 113 Å². The van der Waals surface area contributed by atoms with E-state index >= 15 is 0 Å². The van der Waals surface area contributed by atoms with Gasteiger partial charge in [0.05, 0.1) is 45.6 Å². The number of urea groups is 1. The van der Waals surface area contributed by atoms with Crippen LogP contribution in [0, 0.1) is 0 Å². The molecule has 3 amide bonds. The van der Waals surface area contributed by atoms with E-state index in [1.807, 2.05) is 35.2 Å². The second-order valence-corrected chi connectivity index (χ2v) is 15.3. The fourth-order valence-corrected chi connectivity index (χ4v) is 8.59. The van der Waals surface area contributed by atoms with Crippen molar-refractivity contribution in [3.8, 4) is 17.2 Å². The zero-order chi connectivity index (χ0) is 41.5. The summed E-state index contributed by atoms with van der Waals surface area (Å²) in [6, 6.07) is 18.4. The molecular formula is C43H54F3N5O7. The molecule has 1 atom stereocenters. The van der Waals surface area contributed by atoms with Crippen molar-refractivity contribution in [3.05, 3.63) is 89.0 Å². The van der Waals surface area contributed by atoms with Gasteiger partial charge in [-0.25, -0.2) is 4.79 Å². The van der Waals surface area contributed by atoms with E-state index in [0.29, 0.717) is 114 Å². The lowest BCUT2D eigenvalue weighted by molar-refractivity contribution is -0.144. The van der Waals surface area contributed by atoms with Crippen molar-refractivity contribution in [3.63, 3.8) is 0 Å². The molecule has 58 heavy (non-hydrogen) atoms. The number of benzene rings is 3. The van der Waals surface area contributed by atoms with Gasteiger partial charge in [0.2, 0.25) is 5.75 Å². The molecule has 3 heterocycles. The molecule has 15 heteroatoms. The summed E-state index contributed by atoms with van der Waals surface area (Å²) in [7, 11) is 4.45. The number of esters is 1. The number of nitrogens with one attached hydrogen (secondary N) is 1. The minimum absolute atomic E-state index is 0.142. The molecule has 0 spiro atoms. The summed E-state index contributed by atoms with van der Waals surface area (Å²) < 4.78 is 62.4. The molecule has 0 saturated carbocycles. The molecule has 1 unspecified atom stereocenters. The average molecular weight is 810 g/mol. The lowest BCUT2D eigenvalue weighted by atomic mass is 9.76. The van der Waals surface area contributed by atoms with Gasteiger partial charge in [-0.2, -0.15) is 13.2 Å². The summed E-state index contributed by atoms with van der Waals surface area (Å²) in [6.45, 7) is 7.19. The van der Waals surface area contributed by atoms with Crippen LogP contribution in [0.3, 0.4) is 0 Å². The van der Waals surface area contributed by atoms with Gasteiger partial charge < -0.3 is 39.0 Å². The minimum atomic E-state index is -4.47. The van der Waals surface area contributed by atoms with E-state index in [9.17, 15) is 27.6 Å². The maximum Gasteiger partial charge on any atom is 0.416 e. The molecule has 3 aliphatic heterocycles. The molecule has 0 radical (unpaired) electrons. The second kappa shape index (κ2) is 18.3. The van der Waals surface area contributed by atoms with Gasteiger partial charge in [-0.1, -0.05) is 42.5 Å². The molecule has 3 aromatic carbocycles. The largest absolute Gasteiger partial charge is 0.493 e. The van der Waals surface area contributed by atoms with Gasteiger partial charge in [-0.15, -0.1) is 0 Å². The Hall–Kier alpha value is -5.02. The number of likely N-dealkylation sites (tertiary alicyclic amines) is 2. The Morgan fingerprint density at radius 2 is 1.38 bits per heavy atom. The maximum absolute atomic E-state index is 14.0.